The van der Waals surface area contributed by atoms with Crippen LogP contribution in [-0.4, -0.2) is 28.2 Å². The van der Waals surface area contributed by atoms with Crippen LogP contribution in [0.3, 0.4) is 0 Å². The van der Waals surface area contributed by atoms with E-state index < -0.39 is 6.04 Å². The molecule has 1 aliphatic rings. The standard InChI is InChI=1S/C12H13NO3/c1-2-13-11(16)7-10(15)12(13)8-5-3-4-6-9(8)14/h3-6,12,14H,2,7H2,1H3. The van der Waals surface area contributed by atoms with Crippen molar-refractivity contribution in [3.63, 3.8) is 0 Å². The smallest absolute Gasteiger partial charge is 0.230 e. The summed E-state index contributed by atoms with van der Waals surface area (Å²) in [6, 6.07) is 6.03. The van der Waals surface area contributed by atoms with Crippen molar-refractivity contribution in [1.29, 1.82) is 0 Å². The van der Waals surface area contributed by atoms with Gasteiger partial charge in [-0.2, -0.15) is 0 Å². The van der Waals surface area contributed by atoms with E-state index >= 15 is 0 Å². The Morgan fingerprint density at radius 3 is 2.69 bits per heavy atom. The number of aromatic hydroxyl groups is 1. The lowest BCUT2D eigenvalue weighted by molar-refractivity contribution is -0.128. The largest absolute Gasteiger partial charge is 0.508 e. The van der Waals surface area contributed by atoms with Gasteiger partial charge in [0.1, 0.15) is 11.8 Å². The van der Waals surface area contributed by atoms with E-state index in [-0.39, 0.29) is 23.9 Å². The zero-order valence-corrected chi connectivity index (χ0v) is 9.01. The molecule has 1 amide bonds. The third-order valence-corrected chi connectivity index (χ3v) is 2.83. The number of likely N-dealkylation sites (N-methyl/N-ethyl adjacent to an activating group) is 1. The van der Waals surface area contributed by atoms with Crippen LogP contribution < -0.4 is 0 Å². The summed E-state index contributed by atoms with van der Waals surface area (Å²) < 4.78 is 0. The normalized spacial score (nSPS) is 20.6. The van der Waals surface area contributed by atoms with Gasteiger partial charge in [-0.3, -0.25) is 9.59 Å². The number of hydrogen-bond donors (Lipinski definition) is 1. The SMILES string of the molecule is CCN1C(=O)CC(=O)C1c1ccccc1O. The number of likely N-dealkylation sites (tertiary alicyclic amines) is 1. The van der Waals surface area contributed by atoms with Crippen molar-refractivity contribution < 1.29 is 14.7 Å². The molecule has 0 saturated carbocycles. The van der Waals surface area contributed by atoms with E-state index in [0.717, 1.165) is 0 Å². The topological polar surface area (TPSA) is 57.6 Å². The number of nitrogens with zero attached hydrogens (tertiary/aromatic N) is 1. The molecule has 1 atom stereocenters. The van der Waals surface area contributed by atoms with E-state index in [1.165, 1.54) is 11.0 Å². The lowest BCUT2D eigenvalue weighted by atomic mass is 10.0. The summed E-state index contributed by atoms with van der Waals surface area (Å²) in [4.78, 5) is 24.8. The zero-order chi connectivity index (χ0) is 11.7. The molecule has 0 bridgehead atoms. The quantitative estimate of drug-likeness (QED) is 0.762. The number of carbonyl (C=O) groups is 2. The van der Waals surface area contributed by atoms with Crippen molar-refractivity contribution in [2.45, 2.75) is 19.4 Å². The highest BCUT2D eigenvalue weighted by molar-refractivity contribution is 6.08. The second kappa shape index (κ2) is 3.96. The van der Waals surface area contributed by atoms with Crippen LogP contribution >= 0.6 is 0 Å². The molecule has 1 unspecified atom stereocenters. The Labute approximate surface area is 93.5 Å². The fourth-order valence-electron chi connectivity index (χ4n) is 2.08. The van der Waals surface area contributed by atoms with Crippen molar-refractivity contribution in [2.75, 3.05) is 6.54 Å². The molecular formula is C12H13NO3. The van der Waals surface area contributed by atoms with Crippen LogP contribution in [0.15, 0.2) is 24.3 Å². The van der Waals surface area contributed by atoms with Crippen LogP contribution in [0.2, 0.25) is 0 Å². The van der Waals surface area contributed by atoms with Crippen LogP contribution in [0.1, 0.15) is 24.9 Å². The molecule has 0 radical (unpaired) electrons. The van der Waals surface area contributed by atoms with E-state index in [1.807, 2.05) is 6.92 Å². The molecule has 1 N–H and O–H groups in total. The fourth-order valence-corrected chi connectivity index (χ4v) is 2.08. The molecule has 1 aromatic rings. The number of hydrogen-bond acceptors (Lipinski definition) is 3. The Kier molecular flexibility index (Phi) is 2.64. The molecule has 4 heteroatoms. The number of carbonyl (C=O) groups excluding carboxylic acids is 2. The number of ketones is 1. The number of phenols is 1. The molecule has 1 aliphatic heterocycles. The second-order valence-corrected chi connectivity index (χ2v) is 3.78. The molecule has 16 heavy (non-hydrogen) atoms. The minimum atomic E-state index is -0.612. The first-order valence-corrected chi connectivity index (χ1v) is 5.25. The van der Waals surface area contributed by atoms with Crippen LogP contribution in [0.5, 0.6) is 5.75 Å². The summed E-state index contributed by atoms with van der Waals surface area (Å²) in [5.74, 6) is -0.247. The molecule has 1 heterocycles. The maximum atomic E-state index is 11.7. The Balaban J connectivity index is 2.43. The maximum absolute atomic E-state index is 11.7. The highest BCUT2D eigenvalue weighted by Crippen LogP contribution is 2.34. The Hall–Kier alpha value is -1.84. The van der Waals surface area contributed by atoms with Crippen LogP contribution in [0, 0.1) is 0 Å². The van der Waals surface area contributed by atoms with Gasteiger partial charge >= 0.3 is 0 Å². The lowest BCUT2D eigenvalue weighted by Gasteiger charge is -2.22. The molecule has 1 saturated heterocycles. The third kappa shape index (κ3) is 1.56. The molecule has 0 spiro atoms. The van der Waals surface area contributed by atoms with Gasteiger partial charge in [0.25, 0.3) is 0 Å². The number of Topliss-reactive ketones (excluding diaryl/α,β-unsaturated/α-hetero) is 1. The third-order valence-electron chi connectivity index (χ3n) is 2.83. The van der Waals surface area contributed by atoms with Crippen molar-refractivity contribution in [3.8, 4) is 5.75 Å². The first kappa shape index (κ1) is 10.7. The molecule has 4 nitrogen and oxygen atoms in total. The monoisotopic (exact) mass is 219 g/mol. The van der Waals surface area contributed by atoms with Gasteiger partial charge in [0.15, 0.2) is 5.78 Å². The maximum Gasteiger partial charge on any atom is 0.230 e. The van der Waals surface area contributed by atoms with Gasteiger partial charge in [-0.15, -0.1) is 0 Å². The van der Waals surface area contributed by atoms with E-state index in [4.69, 9.17) is 0 Å². The number of phenolic OH excluding ortho intramolecular Hbond substituents is 1. The zero-order valence-electron chi connectivity index (χ0n) is 9.01. The average Bonchev–Trinajstić information content (AvgIpc) is 2.54. The van der Waals surface area contributed by atoms with Crippen LogP contribution in [-0.2, 0) is 9.59 Å². The van der Waals surface area contributed by atoms with Crippen molar-refractivity contribution in [3.05, 3.63) is 29.8 Å². The first-order chi connectivity index (χ1) is 7.65. The summed E-state index contributed by atoms with van der Waals surface area (Å²) in [6.07, 6.45) is -0.0627. The van der Waals surface area contributed by atoms with Gasteiger partial charge in [0.05, 0.1) is 6.42 Å². The summed E-state index contributed by atoms with van der Waals surface area (Å²) in [5.41, 5.74) is 0.514. The number of para-hydroxylation sites is 1. The van der Waals surface area contributed by atoms with Gasteiger partial charge in [-0.25, -0.2) is 0 Å². The Bertz CT molecular complexity index is 442. The number of benzene rings is 1. The summed E-state index contributed by atoms with van der Waals surface area (Å²) in [6.45, 7) is 2.30. The fraction of sp³-hybridized carbons (Fsp3) is 0.333. The molecule has 2 rings (SSSR count). The van der Waals surface area contributed by atoms with Crippen LogP contribution in [0.4, 0.5) is 0 Å². The predicted octanol–water partition coefficient (Wildman–Crippen LogP) is 1.25. The van der Waals surface area contributed by atoms with E-state index in [0.29, 0.717) is 12.1 Å². The predicted molar refractivity (Wildman–Crippen MR) is 57.9 cm³/mol. The minimum Gasteiger partial charge on any atom is -0.508 e. The van der Waals surface area contributed by atoms with Gasteiger partial charge in [-0.1, -0.05) is 18.2 Å². The highest BCUT2D eigenvalue weighted by atomic mass is 16.3. The summed E-state index contributed by atoms with van der Waals surface area (Å²) in [7, 11) is 0. The van der Waals surface area contributed by atoms with Crippen molar-refractivity contribution in [1.82, 2.24) is 4.90 Å². The molecule has 0 aromatic heterocycles. The van der Waals surface area contributed by atoms with Crippen LogP contribution in [0.25, 0.3) is 0 Å². The molecule has 0 aliphatic carbocycles. The lowest BCUT2D eigenvalue weighted by Crippen LogP contribution is -2.28. The van der Waals surface area contributed by atoms with Crippen molar-refractivity contribution in [2.24, 2.45) is 0 Å². The first-order valence-electron chi connectivity index (χ1n) is 5.25. The summed E-state index contributed by atoms with van der Waals surface area (Å²) >= 11 is 0. The Morgan fingerprint density at radius 2 is 2.06 bits per heavy atom. The molecular weight excluding hydrogens is 206 g/mol. The highest BCUT2D eigenvalue weighted by Gasteiger charge is 2.39. The average molecular weight is 219 g/mol. The minimum absolute atomic E-state index is 0.0627. The van der Waals surface area contributed by atoms with Gasteiger partial charge in [0.2, 0.25) is 5.91 Å². The van der Waals surface area contributed by atoms with Gasteiger partial charge < -0.3 is 10.0 Å². The van der Waals surface area contributed by atoms with E-state index in [2.05, 4.69) is 0 Å². The van der Waals surface area contributed by atoms with E-state index in [9.17, 15) is 14.7 Å². The van der Waals surface area contributed by atoms with Gasteiger partial charge in [0, 0.05) is 12.1 Å². The molecule has 84 valence electrons. The number of amides is 1. The molecule has 1 fully saturated rings. The van der Waals surface area contributed by atoms with Gasteiger partial charge in [-0.05, 0) is 13.0 Å². The second-order valence-electron chi connectivity index (χ2n) is 3.78. The molecule has 1 aromatic carbocycles. The van der Waals surface area contributed by atoms with Crippen molar-refractivity contribution >= 4 is 11.7 Å². The number of rotatable bonds is 2. The van der Waals surface area contributed by atoms with E-state index in [1.54, 1.807) is 18.2 Å². The summed E-state index contributed by atoms with van der Waals surface area (Å²) in [5, 5.41) is 9.70. The Morgan fingerprint density at radius 1 is 1.38 bits per heavy atom.